The minimum atomic E-state index is -0.460. The Morgan fingerprint density at radius 2 is 2.08 bits per heavy atom. The Morgan fingerprint density at radius 1 is 1.33 bits per heavy atom. The topological polar surface area (TPSA) is 50.8 Å². The normalized spacial score (nSPS) is 13.8. The number of rotatable bonds is 5. The minimum Gasteiger partial charge on any atom is -0.497 e. The van der Waals surface area contributed by atoms with E-state index in [4.69, 9.17) is 9.47 Å². The van der Waals surface area contributed by atoms with Gasteiger partial charge in [0.1, 0.15) is 30.3 Å². The molecule has 5 nitrogen and oxygen atoms in total. The number of amides is 1. The number of nitrogens with one attached hydrogen (secondary N) is 1. The highest BCUT2D eigenvalue weighted by atomic mass is 79.9. The Morgan fingerprint density at radius 3 is 2.71 bits per heavy atom. The lowest BCUT2D eigenvalue weighted by molar-refractivity contribution is -0.117. The van der Waals surface area contributed by atoms with Gasteiger partial charge in [-0.2, -0.15) is 0 Å². The van der Waals surface area contributed by atoms with Gasteiger partial charge in [0.25, 0.3) is 5.91 Å². The zero-order valence-corrected chi connectivity index (χ0v) is 15.1. The lowest BCUT2D eigenvalue weighted by atomic mass is 10.2. The molecule has 0 radical (unpaired) electrons. The van der Waals surface area contributed by atoms with Crippen molar-refractivity contribution in [2.45, 2.75) is 6.61 Å². The number of ether oxygens (including phenoxy) is 2. The molecular formula is C16H14BrFN2O3S. The van der Waals surface area contributed by atoms with Crippen molar-refractivity contribution in [1.82, 2.24) is 4.72 Å². The molecule has 8 heteroatoms. The number of hydrogen-bond donors (Lipinski definition) is 1. The predicted octanol–water partition coefficient (Wildman–Crippen LogP) is 3.68. The largest absolute Gasteiger partial charge is 0.497 e. The second-order valence-electron chi connectivity index (χ2n) is 5.02. The van der Waals surface area contributed by atoms with Crippen molar-refractivity contribution in [3.8, 4) is 11.5 Å². The summed E-state index contributed by atoms with van der Waals surface area (Å²) in [5, 5.41) is 0. The van der Waals surface area contributed by atoms with Crippen LogP contribution in [0.5, 0.6) is 11.5 Å². The minimum absolute atomic E-state index is 0.0715. The molecular weight excluding hydrogens is 399 g/mol. The SMILES string of the molecule is COc1ccc(COc2cc(Br)cc(F)c2N2CC(=O)NS2)cc1. The summed E-state index contributed by atoms with van der Waals surface area (Å²) >= 11 is 4.31. The highest BCUT2D eigenvalue weighted by Gasteiger charge is 2.27. The van der Waals surface area contributed by atoms with Crippen LogP contribution in [0, 0.1) is 5.82 Å². The van der Waals surface area contributed by atoms with Gasteiger partial charge >= 0.3 is 0 Å². The molecule has 1 fully saturated rings. The van der Waals surface area contributed by atoms with Gasteiger partial charge in [-0.25, -0.2) is 4.39 Å². The Hall–Kier alpha value is -1.93. The van der Waals surface area contributed by atoms with Crippen LogP contribution < -0.4 is 18.5 Å². The monoisotopic (exact) mass is 412 g/mol. The second kappa shape index (κ2) is 7.31. The summed E-state index contributed by atoms with van der Waals surface area (Å²) < 4.78 is 30.0. The van der Waals surface area contributed by atoms with E-state index < -0.39 is 5.82 Å². The van der Waals surface area contributed by atoms with Crippen molar-refractivity contribution in [2.24, 2.45) is 0 Å². The zero-order valence-electron chi connectivity index (χ0n) is 12.7. The van der Waals surface area contributed by atoms with Crippen LogP contribution in [0.15, 0.2) is 40.9 Å². The van der Waals surface area contributed by atoms with Crippen LogP contribution in [0.3, 0.4) is 0 Å². The maximum atomic E-state index is 14.4. The highest BCUT2D eigenvalue weighted by Crippen LogP contribution is 2.38. The number of carbonyl (C=O) groups excluding carboxylic acids is 1. The average Bonchev–Trinajstić information content (AvgIpc) is 2.98. The molecule has 2 aromatic carbocycles. The zero-order chi connectivity index (χ0) is 17.1. The van der Waals surface area contributed by atoms with E-state index in [1.807, 2.05) is 24.3 Å². The number of carbonyl (C=O) groups is 1. The standard InChI is InChI=1S/C16H14BrFN2O3S/c1-22-12-4-2-10(3-5-12)9-23-14-7-11(17)6-13(18)16(14)20-8-15(21)19-24-20/h2-7H,8-9H2,1H3,(H,19,21). The third kappa shape index (κ3) is 3.76. The van der Waals surface area contributed by atoms with Crippen molar-refractivity contribution >= 4 is 39.7 Å². The number of benzene rings is 2. The van der Waals surface area contributed by atoms with E-state index >= 15 is 0 Å². The predicted molar refractivity (Wildman–Crippen MR) is 94.5 cm³/mol. The first-order valence-electron chi connectivity index (χ1n) is 7.05. The van der Waals surface area contributed by atoms with E-state index in [0.29, 0.717) is 10.2 Å². The van der Waals surface area contributed by atoms with E-state index in [1.165, 1.54) is 10.4 Å². The summed E-state index contributed by atoms with van der Waals surface area (Å²) in [5.41, 5.74) is 1.17. The molecule has 0 unspecified atom stereocenters. The van der Waals surface area contributed by atoms with Crippen LogP contribution >= 0.6 is 28.1 Å². The maximum Gasteiger partial charge on any atom is 0.251 e. The van der Waals surface area contributed by atoms with Gasteiger partial charge in [0, 0.05) is 4.47 Å². The van der Waals surface area contributed by atoms with Crippen molar-refractivity contribution in [1.29, 1.82) is 0 Å². The first-order chi connectivity index (χ1) is 11.6. The third-order valence-electron chi connectivity index (χ3n) is 3.35. The van der Waals surface area contributed by atoms with Crippen LogP contribution in [0.1, 0.15) is 5.56 Å². The van der Waals surface area contributed by atoms with Crippen molar-refractivity contribution in [3.63, 3.8) is 0 Å². The fourth-order valence-corrected chi connectivity index (χ4v) is 3.34. The van der Waals surface area contributed by atoms with Gasteiger partial charge in [0.2, 0.25) is 0 Å². The molecule has 126 valence electrons. The van der Waals surface area contributed by atoms with Crippen LogP contribution in [-0.4, -0.2) is 19.6 Å². The fourth-order valence-electron chi connectivity index (χ4n) is 2.20. The van der Waals surface area contributed by atoms with Gasteiger partial charge in [-0.05, 0) is 29.8 Å². The molecule has 3 rings (SSSR count). The lowest BCUT2D eigenvalue weighted by Crippen LogP contribution is -2.17. The first-order valence-corrected chi connectivity index (χ1v) is 8.61. The molecule has 0 bridgehead atoms. The fraction of sp³-hybridized carbons (Fsp3) is 0.188. The Labute approximate surface area is 151 Å². The summed E-state index contributed by atoms with van der Waals surface area (Å²) in [4.78, 5) is 11.4. The summed E-state index contributed by atoms with van der Waals surface area (Å²) in [6.45, 7) is 0.342. The van der Waals surface area contributed by atoms with E-state index in [-0.39, 0.29) is 24.7 Å². The molecule has 1 amide bonds. The van der Waals surface area contributed by atoms with Crippen molar-refractivity contribution < 1.29 is 18.7 Å². The van der Waals surface area contributed by atoms with Crippen LogP contribution in [-0.2, 0) is 11.4 Å². The third-order valence-corrected chi connectivity index (χ3v) is 4.66. The lowest BCUT2D eigenvalue weighted by Gasteiger charge is -2.19. The molecule has 2 aromatic rings. The number of anilines is 1. The molecule has 0 saturated carbocycles. The average molecular weight is 413 g/mol. The van der Waals surface area contributed by atoms with Crippen LogP contribution in [0.4, 0.5) is 10.1 Å². The quantitative estimate of drug-likeness (QED) is 0.759. The molecule has 24 heavy (non-hydrogen) atoms. The molecule has 1 saturated heterocycles. The smallest absolute Gasteiger partial charge is 0.251 e. The summed E-state index contributed by atoms with van der Waals surface area (Å²) in [7, 11) is 1.60. The Kier molecular flexibility index (Phi) is 5.15. The van der Waals surface area contributed by atoms with Crippen molar-refractivity contribution in [2.75, 3.05) is 18.0 Å². The molecule has 0 atom stereocenters. The summed E-state index contributed by atoms with van der Waals surface area (Å²) in [6, 6.07) is 10.5. The van der Waals surface area contributed by atoms with Gasteiger partial charge in [-0.1, -0.05) is 28.1 Å². The molecule has 0 aliphatic carbocycles. The van der Waals surface area contributed by atoms with E-state index in [9.17, 15) is 9.18 Å². The van der Waals surface area contributed by atoms with Gasteiger partial charge in [0.05, 0.1) is 19.2 Å². The molecule has 1 aliphatic rings. The van der Waals surface area contributed by atoms with Gasteiger partial charge in [-0.15, -0.1) is 0 Å². The van der Waals surface area contributed by atoms with Gasteiger partial charge in [-0.3, -0.25) is 13.8 Å². The second-order valence-corrected chi connectivity index (χ2v) is 6.77. The van der Waals surface area contributed by atoms with E-state index in [1.54, 1.807) is 13.2 Å². The molecule has 1 aliphatic heterocycles. The van der Waals surface area contributed by atoms with Gasteiger partial charge in [0.15, 0.2) is 5.82 Å². The van der Waals surface area contributed by atoms with Crippen molar-refractivity contribution in [3.05, 3.63) is 52.3 Å². The molecule has 1 heterocycles. The Balaban J connectivity index is 1.82. The number of halogens is 2. The number of hydrogen-bond acceptors (Lipinski definition) is 5. The number of methoxy groups -OCH3 is 1. The summed E-state index contributed by atoms with van der Waals surface area (Å²) in [5.74, 6) is 0.481. The van der Waals surface area contributed by atoms with Crippen LogP contribution in [0.25, 0.3) is 0 Å². The Bertz CT molecular complexity index is 758. The molecule has 0 spiro atoms. The number of nitrogens with zero attached hydrogens (tertiary/aromatic N) is 1. The molecule has 1 N–H and O–H groups in total. The highest BCUT2D eigenvalue weighted by molar-refractivity contribution is 9.10. The van der Waals surface area contributed by atoms with Gasteiger partial charge < -0.3 is 9.47 Å². The maximum absolute atomic E-state index is 14.4. The van der Waals surface area contributed by atoms with Crippen LogP contribution in [0.2, 0.25) is 0 Å². The first kappa shape index (κ1) is 16.9. The molecule has 0 aromatic heterocycles. The van der Waals surface area contributed by atoms with E-state index in [2.05, 4.69) is 20.7 Å². The van der Waals surface area contributed by atoms with E-state index in [0.717, 1.165) is 23.4 Å². The summed E-state index contributed by atoms with van der Waals surface area (Å²) in [6.07, 6.45) is 0.